The Morgan fingerprint density at radius 3 is 2.85 bits per heavy atom. The van der Waals surface area contributed by atoms with Gasteiger partial charge in [-0.1, -0.05) is 0 Å². The second kappa shape index (κ2) is 4.56. The number of likely N-dealkylation sites (tertiary alicyclic amines) is 1. The quantitative estimate of drug-likeness (QED) is 0.642. The lowest BCUT2D eigenvalue weighted by Gasteiger charge is -2.17. The predicted octanol–water partition coefficient (Wildman–Crippen LogP) is 0.333. The van der Waals surface area contributed by atoms with Crippen molar-refractivity contribution >= 4 is 0 Å². The molecule has 0 aromatic carbocycles. The molecule has 74 valence electrons. The van der Waals surface area contributed by atoms with Crippen LogP contribution in [0.5, 0.6) is 0 Å². The van der Waals surface area contributed by atoms with Crippen LogP contribution in [0.4, 0.5) is 0 Å². The van der Waals surface area contributed by atoms with Crippen LogP contribution in [-0.4, -0.2) is 48.1 Å². The fourth-order valence-corrected chi connectivity index (χ4v) is 1.53. The van der Waals surface area contributed by atoms with Crippen molar-refractivity contribution in [2.45, 2.75) is 32.2 Å². The number of ether oxygens (including phenoxy) is 1. The van der Waals surface area contributed by atoms with Crippen LogP contribution in [0, 0.1) is 6.57 Å². The molecular weight excluding hydrogens is 168 g/mol. The first-order valence-corrected chi connectivity index (χ1v) is 4.52. The van der Waals surface area contributed by atoms with E-state index in [-0.39, 0.29) is 12.2 Å². The third-order valence-electron chi connectivity index (χ3n) is 2.03. The summed E-state index contributed by atoms with van der Waals surface area (Å²) in [5, 5.41) is 9.57. The van der Waals surface area contributed by atoms with Crippen molar-refractivity contribution in [1.82, 2.24) is 4.90 Å². The first-order valence-electron chi connectivity index (χ1n) is 4.52. The van der Waals surface area contributed by atoms with E-state index in [1.807, 2.05) is 18.7 Å². The van der Waals surface area contributed by atoms with Crippen LogP contribution in [-0.2, 0) is 4.74 Å². The van der Waals surface area contributed by atoms with Gasteiger partial charge in [0, 0.05) is 13.1 Å². The molecule has 4 nitrogen and oxygen atoms in total. The van der Waals surface area contributed by atoms with Crippen molar-refractivity contribution < 1.29 is 9.84 Å². The molecule has 1 N–H and O–H groups in total. The van der Waals surface area contributed by atoms with Crippen LogP contribution in [0.1, 0.15) is 13.8 Å². The summed E-state index contributed by atoms with van der Waals surface area (Å²) in [6.45, 7) is 12.2. The Morgan fingerprint density at radius 1 is 1.62 bits per heavy atom. The van der Waals surface area contributed by atoms with Gasteiger partial charge in [0.15, 0.2) is 0 Å². The zero-order valence-electron chi connectivity index (χ0n) is 8.10. The molecule has 0 radical (unpaired) electrons. The molecule has 4 heteroatoms. The van der Waals surface area contributed by atoms with Gasteiger partial charge in [0.1, 0.15) is 0 Å². The number of hydrogen-bond acceptors (Lipinski definition) is 3. The van der Waals surface area contributed by atoms with Crippen LogP contribution in [0.2, 0.25) is 0 Å². The monoisotopic (exact) mass is 184 g/mol. The molecule has 1 fully saturated rings. The average molecular weight is 184 g/mol. The lowest BCUT2D eigenvalue weighted by atomic mass is 10.2. The van der Waals surface area contributed by atoms with E-state index >= 15 is 0 Å². The van der Waals surface area contributed by atoms with Crippen LogP contribution in [0.25, 0.3) is 4.85 Å². The second-order valence-electron chi connectivity index (χ2n) is 3.63. The minimum absolute atomic E-state index is 0.123. The van der Waals surface area contributed by atoms with E-state index in [0.29, 0.717) is 19.8 Å². The highest BCUT2D eigenvalue weighted by Crippen LogP contribution is 2.14. The molecule has 2 atom stereocenters. The topological polar surface area (TPSA) is 37.1 Å². The van der Waals surface area contributed by atoms with Gasteiger partial charge in [-0.25, -0.2) is 11.5 Å². The first kappa shape index (κ1) is 10.5. The Kier molecular flexibility index (Phi) is 3.67. The van der Waals surface area contributed by atoms with Gasteiger partial charge in [-0.05, 0) is 13.8 Å². The zero-order chi connectivity index (χ0) is 9.84. The summed E-state index contributed by atoms with van der Waals surface area (Å²) in [6, 6.07) is 0. The van der Waals surface area contributed by atoms with Gasteiger partial charge < -0.3 is 9.84 Å². The van der Waals surface area contributed by atoms with Crippen molar-refractivity contribution in [1.29, 1.82) is 0 Å². The van der Waals surface area contributed by atoms with E-state index < -0.39 is 6.10 Å². The Bertz CT molecular complexity index is 200. The molecular formula is C9H16N2O2. The van der Waals surface area contributed by atoms with Crippen LogP contribution in [0.3, 0.4) is 0 Å². The molecule has 0 aliphatic carbocycles. The number of rotatable bonds is 3. The van der Waals surface area contributed by atoms with E-state index in [1.165, 1.54) is 0 Å². The number of nitrogens with zero attached hydrogens (tertiary/aromatic N) is 2. The Labute approximate surface area is 78.9 Å². The maximum atomic E-state index is 9.57. The Morgan fingerprint density at radius 2 is 2.31 bits per heavy atom. The lowest BCUT2D eigenvalue weighted by molar-refractivity contribution is -0.0395. The highest BCUT2D eigenvalue weighted by atomic mass is 16.5. The summed E-state index contributed by atoms with van der Waals surface area (Å²) in [5.74, 6) is 0. The second-order valence-corrected chi connectivity index (χ2v) is 3.63. The Balaban J connectivity index is 2.38. The van der Waals surface area contributed by atoms with Crippen molar-refractivity contribution in [2.24, 2.45) is 0 Å². The summed E-state index contributed by atoms with van der Waals surface area (Å²) in [5.41, 5.74) is 0. The molecule has 1 saturated heterocycles. The average Bonchev–Trinajstić information content (AvgIpc) is 2.31. The molecule has 1 rings (SSSR count). The molecule has 0 amide bonds. The summed E-state index contributed by atoms with van der Waals surface area (Å²) < 4.78 is 5.51. The van der Waals surface area contributed by atoms with Crippen LogP contribution >= 0.6 is 0 Å². The number of aliphatic hydroxyl groups excluding tert-OH is 1. The molecule has 1 aliphatic heterocycles. The predicted molar refractivity (Wildman–Crippen MR) is 49.1 cm³/mol. The van der Waals surface area contributed by atoms with Gasteiger partial charge in [0.25, 0.3) is 6.67 Å². The molecule has 0 saturated carbocycles. The number of β-amino-alcohol motifs (C(OH)–C–C–N with tert-alkyl or cyclic N) is 1. The molecule has 13 heavy (non-hydrogen) atoms. The molecule has 1 aliphatic rings. The molecule has 0 aromatic heterocycles. The van der Waals surface area contributed by atoms with Gasteiger partial charge >= 0.3 is 0 Å². The fraction of sp³-hybridized carbons (Fsp3) is 0.889. The van der Waals surface area contributed by atoms with Crippen LogP contribution < -0.4 is 0 Å². The summed E-state index contributed by atoms with van der Waals surface area (Å²) in [4.78, 5) is 5.18. The lowest BCUT2D eigenvalue weighted by Crippen LogP contribution is -2.29. The molecule has 0 aromatic rings. The number of hydrogen-bond donors (Lipinski definition) is 1. The van der Waals surface area contributed by atoms with Gasteiger partial charge in [-0.3, -0.25) is 4.85 Å². The highest BCUT2D eigenvalue weighted by molar-refractivity contribution is 4.86. The van der Waals surface area contributed by atoms with E-state index in [0.717, 1.165) is 0 Å². The fourth-order valence-electron chi connectivity index (χ4n) is 1.53. The Hall–Kier alpha value is -0.630. The highest BCUT2D eigenvalue weighted by Gasteiger charge is 2.33. The van der Waals surface area contributed by atoms with E-state index in [4.69, 9.17) is 11.3 Å². The first-order chi connectivity index (χ1) is 6.13. The van der Waals surface area contributed by atoms with Crippen molar-refractivity contribution in [3.05, 3.63) is 11.4 Å². The molecule has 0 unspecified atom stereocenters. The van der Waals surface area contributed by atoms with Gasteiger partial charge in [-0.15, -0.1) is 0 Å². The van der Waals surface area contributed by atoms with E-state index in [1.54, 1.807) is 0 Å². The summed E-state index contributed by atoms with van der Waals surface area (Å²) in [6.07, 6.45) is -0.432. The number of aliphatic hydroxyl groups is 1. The summed E-state index contributed by atoms with van der Waals surface area (Å²) in [7, 11) is 0. The molecule has 1 heterocycles. The van der Waals surface area contributed by atoms with Crippen molar-refractivity contribution in [2.75, 3.05) is 19.8 Å². The normalized spacial score (nSPS) is 29.5. The largest absolute Gasteiger partial charge is 0.389 e. The minimum atomic E-state index is -0.441. The molecule has 0 bridgehead atoms. The van der Waals surface area contributed by atoms with Crippen LogP contribution in [0.15, 0.2) is 0 Å². The third-order valence-corrected chi connectivity index (χ3v) is 2.03. The maximum absolute atomic E-state index is 9.57. The summed E-state index contributed by atoms with van der Waals surface area (Å²) >= 11 is 0. The van der Waals surface area contributed by atoms with Gasteiger partial charge in [-0.2, -0.15) is 0 Å². The standard InChI is InChI=1S/C9H16N2O2/c1-7(2)13-9-5-11(6-10-3)4-8(9)12/h7-9,12H,4-6H2,1-2H3/t8-,9+/m1/s1. The van der Waals surface area contributed by atoms with E-state index in [9.17, 15) is 5.11 Å². The zero-order valence-corrected chi connectivity index (χ0v) is 8.10. The van der Waals surface area contributed by atoms with Crippen molar-refractivity contribution in [3.8, 4) is 0 Å². The maximum Gasteiger partial charge on any atom is 0.270 e. The third kappa shape index (κ3) is 2.96. The molecule has 0 spiro atoms. The smallest absolute Gasteiger partial charge is 0.270 e. The minimum Gasteiger partial charge on any atom is -0.389 e. The van der Waals surface area contributed by atoms with Crippen molar-refractivity contribution in [3.63, 3.8) is 0 Å². The van der Waals surface area contributed by atoms with Gasteiger partial charge in [0.05, 0.1) is 18.3 Å². The van der Waals surface area contributed by atoms with E-state index in [2.05, 4.69) is 4.85 Å². The van der Waals surface area contributed by atoms with Gasteiger partial charge in [0.2, 0.25) is 0 Å². The SMILES string of the molecule is [C-]#[N+]CN1C[C@@H](O)[C@@H](OC(C)C)C1.